The third-order valence-electron chi connectivity index (χ3n) is 6.41. The highest BCUT2D eigenvalue weighted by Gasteiger charge is 2.48. The van der Waals surface area contributed by atoms with E-state index in [2.05, 4.69) is 0 Å². The molecule has 194 valence electrons. The summed E-state index contributed by atoms with van der Waals surface area (Å²) in [6.45, 7) is 6.02. The molecule has 8 nitrogen and oxygen atoms in total. The van der Waals surface area contributed by atoms with Crippen LogP contribution in [-0.2, 0) is 9.59 Å². The number of fused-ring (bicyclic) bond motifs is 1. The monoisotopic (exact) mass is 530 g/mol. The van der Waals surface area contributed by atoms with Crippen LogP contribution in [0, 0.1) is 13.8 Å². The van der Waals surface area contributed by atoms with Crippen molar-refractivity contribution in [2.24, 2.45) is 0 Å². The summed E-state index contributed by atoms with van der Waals surface area (Å²) in [5.74, 6) is -1.37. The van der Waals surface area contributed by atoms with Crippen molar-refractivity contribution >= 4 is 44.1 Å². The number of benzene rings is 3. The second-order valence-electron chi connectivity index (χ2n) is 8.99. The number of hydrogen-bond donors (Lipinski definition) is 2. The van der Waals surface area contributed by atoms with Crippen LogP contribution in [0.1, 0.15) is 35.2 Å². The average Bonchev–Trinajstić information content (AvgIpc) is 3.43. The zero-order valence-corrected chi connectivity index (χ0v) is 22.1. The summed E-state index contributed by atoms with van der Waals surface area (Å²) in [4.78, 5) is 33.1. The number of carbonyl (C=O) groups is 2. The molecule has 1 aliphatic heterocycles. The summed E-state index contributed by atoms with van der Waals surface area (Å²) in [5.41, 5.74) is 3.46. The Morgan fingerprint density at radius 1 is 1.11 bits per heavy atom. The molecular weight excluding hydrogens is 504 g/mol. The first-order valence-corrected chi connectivity index (χ1v) is 12.8. The van der Waals surface area contributed by atoms with E-state index >= 15 is 0 Å². The number of phenols is 1. The second kappa shape index (κ2) is 9.83. The lowest BCUT2D eigenvalue weighted by Gasteiger charge is -2.23. The number of phenolic OH excluding ortho intramolecular Hbond substituents is 1. The van der Waals surface area contributed by atoms with Gasteiger partial charge in [0.15, 0.2) is 16.6 Å². The number of thiazole rings is 1. The molecule has 1 fully saturated rings. The number of anilines is 1. The smallest absolute Gasteiger partial charge is 0.301 e. The van der Waals surface area contributed by atoms with Gasteiger partial charge in [0.05, 0.1) is 35.5 Å². The van der Waals surface area contributed by atoms with Crippen molar-refractivity contribution in [3.63, 3.8) is 0 Å². The maximum absolute atomic E-state index is 13.6. The molecule has 0 spiro atoms. The molecular formula is C29H26N2O6S. The van der Waals surface area contributed by atoms with Gasteiger partial charge < -0.3 is 19.7 Å². The summed E-state index contributed by atoms with van der Waals surface area (Å²) < 4.78 is 11.7. The molecule has 1 aliphatic rings. The van der Waals surface area contributed by atoms with Crippen LogP contribution in [0.15, 0.2) is 60.2 Å². The van der Waals surface area contributed by atoms with Crippen LogP contribution < -0.4 is 14.4 Å². The number of aliphatic hydroxyl groups is 1. The molecule has 1 aromatic heterocycles. The van der Waals surface area contributed by atoms with Gasteiger partial charge in [-0.25, -0.2) is 4.98 Å². The topological polar surface area (TPSA) is 109 Å². The summed E-state index contributed by atoms with van der Waals surface area (Å²) in [5, 5.41) is 22.0. The van der Waals surface area contributed by atoms with Crippen LogP contribution in [0.4, 0.5) is 5.13 Å². The standard InChI is InChI=1S/C29H26N2O6S/c1-5-37-21-14-17(9-10-20(21)32)25-23(26(33)18-7-6-8-19(13-18)36-4)27(34)28(35)31(25)29-30-24-16(3)11-15(2)12-22(24)38-29/h6-14,25,32-33H,5H2,1-4H3/b26-23+. The Morgan fingerprint density at radius 3 is 2.63 bits per heavy atom. The van der Waals surface area contributed by atoms with E-state index in [1.54, 1.807) is 43.3 Å². The van der Waals surface area contributed by atoms with Gasteiger partial charge in [0.25, 0.3) is 5.78 Å². The minimum absolute atomic E-state index is 0.0774. The summed E-state index contributed by atoms with van der Waals surface area (Å²) in [6.07, 6.45) is 0. The van der Waals surface area contributed by atoms with Crippen molar-refractivity contribution in [2.45, 2.75) is 26.8 Å². The maximum Gasteiger partial charge on any atom is 0.301 e. The van der Waals surface area contributed by atoms with E-state index in [0.717, 1.165) is 21.3 Å². The Hall–Kier alpha value is -4.37. The Morgan fingerprint density at radius 2 is 1.89 bits per heavy atom. The highest BCUT2D eigenvalue weighted by Crippen LogP contribution is 2.46. The third kappa shape index (κ3) is 4.24. The van der Waals surface area contributed by atoms with Gasteiger partial charge in [-0.05, 0) is 67.8 Å². The summed E-state index contributed by atoms with van der Waals surface area (Å²) in [6, 6.07) is 14.2. The summed E-state index contributed by atoms with van der Waals surface area (Å²) in [7, 11) is 1.50. The van der Waals surface area contributed by atoms with E-state index in [1.165, 1.54) is 29.4 Å². The minimum Gasteiger partial charge on any atom is -0.507 e. The van der Waals surface area contributed by atoms with Crippen LogP contribution in [-0.4, -0.2) is 40.6 Å². The number of Topliss-reactive ketones (excluding diaryl/α,β-unsaturated/α-hetero) is 1. The van der Waals surface area contributed by atoms with Crippen molar-refractivity contribution in [3.05, 3.63) is 82.4 Å². The van der Waals surface area contributed by atoms with Gasteiger partial charge >= 0.3 is 5.91 Å². The third-order valence-corrected chi connectivity index (χ3v) is 7.41. The van der Waals surface area contributed by atoms with Crippen LogP contribution >= 0.6 is 11.3 Å². The molecule has 3 aromatic carbocycles. The van der Waals surface area contributed by atoms with Crippen LogP contribution in [0.2, 0.25) is 0 Å². The van der Waals surface area contributed by atoms with Gasteiger partial charge in [-0.15, -0.1) is 0 Å². The number of hydrogen-bond acceptors (Lipinski definition) is 8. The lowest BCUT2D eigenvalue weighted by atomic mass is 9.95. The van der Waals surface area contributed by atoms with Gasteiger partial charge in [-0.2, -0.15) is 0 Å². The van der Waals surface area contributed by atoms with Crippen LogP contribution in [0.25, 0.3) is 16.0 Å². The van der Waals surface area contributed by atoms with Gasteiger partial charge in [0.2, 0.25) is 0 Å². The van der Waals surface area contributed by atoms with Gasteiger partial charge in [0, 0.05) is 5.56 Å². The van der Waals surface area contributed by atoms with Crippen molar-refractivity contribution in [1.29, 1.82) is 0 Å². The number of rotatable bonds is 6. The number of ether oxygens (including phenoxy) is 2. The van der Waals surface area contributed by atoms with Crippen molar-refractivity contribution < 1.29 is 29.3 Å². The van der Waals surface area contributed by atoms with E-state index in [9.17, 15) is 19.8 Å². The molecule has 0 saturated carbocycles. The van der Waals surface area contributed by atoms with Crippen molar-refractivity contribution in [2.75, 3.05) is 18.6 Å². The fraction of sp³-hybridized carbons (Fsp3) is 0.207. The molecule has 4 aromatic rings. The highest BCUT2D eigenvalue weighted by molar-refractivity contribution is 7.22. The number of aromatic nitrogens is 1. The first kappa shape index (κ1) is 25.3. The fourth-order valence-electron chi connectivity index (χ4n) is 4.70. The Kier molecular flexibility index (Phi) is 6.54. The number of ketones is 1. The lowest BCUT2D eigenvalue weighted by molar-refractivity contribution is -0.132. The molecule has 1 atom stereocenters. The molecule has 1 saturated heterocycles. The Labute approximate surface area is 223 Å². The van der Waals surface area contributed by atoms with Gasteiger partial charge in [-0.3, -0.25) is 14.5 Å². The van der Waals surface area contributed by atoms with Crippen molar-refractivity contribution in [3.8, 4) is 17.2 Å². The number of aryl methyl sites for hydroxylation is 2. The van der Waals surface area contributed by atoms with E-state index < -0.39 is 17.7 Å². The number of methoxy groups -OCH3 is 1. The van der Waals surface area contributed by atoms with E-state index in [1.807, 2.05) is 26.0 Å². The zero-order valence-electron chi connectivity index (χ0n) is 21.3. The molecule has 2 N–H and O–H groups in total. The van der Waals surface area contributed by atoms with Gasteiger partial charge in [-0.1, -0.05) is 35.6 Å². The predicted octanol–water partition coefficient (Wildman–Crippen LogP) is 5.65. The van der Waals surface area contributed by atoms with Gasteiger partial charge in [0.1, 0.15) is 11.5 Å². The number of amides is 1. The van der Waals surface area contributed by atoms with Crippen LogP contribution in [0.3, 0.4) is 0 Å². The number of aliphatic hydroxyl groups excluding tert-OH is 1. The molecule has 5 rings (SSSR count). The summed E-state index contributed by atoms with van der Waals surface area (Å²) >= 11 is 1.30. The largest absolute Gasteiger partial charge is 0.507 e. The molecule has 1 unspecified atom stereocenters. The lowest BCUT2D eigenvalue weighted by Crippen LogP contribution is -2.29. The molecule has 9 heteroatoms. The van der Waals surface area contributed by atoms with E-state index in [-0.39, 0.29) is 22.8 Å². The highest BCUT2D eigenvalue weighted by atomic mass is 32.1. The first-order valence-electron chi connectivity index (χ1n) is 12.0. The number of nitrogens with zero attached hydrogens (tertiary/aromatic N) is 2. The second-order valence-corrected chi connectivity index (χ2v) is 10.00. The van der Waals surface area contributed by atoms with Crippen molar-refractivity contribution in [1.82, 2.24) is 4.98 Å². The molecule has 2 heterocycles. The zero-order chi connectivity index (χ0) is 27.1. The molecule has 38 heavy (non-hydrogen) atoms. The Balaban J connectivity index is 1.76. The number of carbonyl (C=O) groups excluding carboxylic acids is 2. The Bertz CT molecular complexity index is 1620. The quantitative estimate of drug-likeness (QED) is 0.188. The number of aromatic hydroxyl groups is 1. The first-order chi connectivity index (χ1) is 18.2. The molecule has 0 aliphatic carbocycles. The predicted molar refractivity (Wildman–Crippen MR) is 146 cm³/mol. The molecule has 1 amide bonds. The van der Waals surface area contributed by atoms with E-state index in [4.69, 9.17) is 14.5 Å². The van der Waals surface area contributed by atoms with E-state index in [0.29, 0.717) is 28.6 Å². The SMILES string of the molecule is CCOc1cc(C2/C(=C(\O)c3cccc(OC)c3)C(=O)C(=O)N2c2nc3c(C)cc(C)cc3s2)ccc1O. The molecule has 0 bridgehead atoms. The fourth-order valence-corrected chi connectivity index (χ4v) is 5.87. The average molecular weight is 531 g/mol. The molecule has 0 radical (unpaired) electrons. The normalized spacial score (nSPS) is 16.8. The van der Waals surface area contributed by atoms with Crippen LogP contribution in [0.5, 0.6) is 17.2 Å². The minimum atomic E-state index is -1.01. The maximum atomic E-state index is 13.6.